The Morgan fingerprint density at radius 3 is 1.32 bits per heavy atom. The molecule has 0 aromatic heterocycles. The first-order valence-corrected chi connectivity index (χ1v) is 27.9. The normalized spacial score (nSPS) is 13.7. The first-order chi connectivity index (χ1) is 31.8. The minimum Gasteiger partial charge on any atom is -0.463 e. The SMILES string of the molecule is CC/C=C\C/C=C\C/C=C\C/C=C\C/C=C\C/C=C\CCCCCCC(=O)NCCOP(=O)(O)OCC(O)COC(=O)CCCCCCCCCCCCCCCCCCCCCCC. The Morgan fingerprint density at radius 2 is 0.877 bits per heavy atom. The lowest BCUT2D eigenvalue weighted by atomic mass is 10.0. The van der Waals surface area contributed by atoms with Crippen molar-refractivity contribution in [1.29, 1.82) is 0 Å². The van der Waals surface area contributed by atoms with E-state index in [1.165, 1.54) is 116 Å². The second kappa shape index (κ2) is 50.9. The van der Waals surface area contributed by atoms with Crippen molar-refractivity contribution in [3.05, 3.63) is 72.9 Å². The first kappa shape index (κ1) is 62.4. The number of hydrogen-bond donors (Lipinski definition) is 3. The van der Waals surface area contributed by atoms with Crippen molar-refractivity contribution >= 4 is 19.7 Å². The number of rotatable bonds is 49. The summed E-state index contributed by atoms with van der Waals surface area (Å²) in [5.74, 6) is -0.538. The number of esters is 1. The predicted octanol–water partition coefficient (Wildman–Crippen LogP) is 15.8. The molecule has 0 bridgehead atoms. The Morgan fingerprint density at radius 1 is 0.492 bits per heavy atom. The lowest BCUT2D eigenvalue weighted by molar-refractivity contribution is -0.147. The average molecular weight is 932 g/mol. The van der Waals surface area contributed by atoms with E-state index in [0.29, 0.717) is 6.42 Å². The van der Waals surface area contributed by atoms with Crippen LogP contribution in [0.3, 0.4) is 0 Å². The fourth-order valence-corrected chi connectivity index (χ4v) is 7.97. The van der Waals surface area contributed by atoms with Crippen molar-refractivity contribution in [1.82, 2.24) is 5.32 Å². The number of carbonyl (C=O) groups excluding carboxylic acids is 2. The molecule has 2 unspecified atom stereocenters. The van der Waals surface area contributed by atoms with Crippen LogP contribution in [0.5, 0.6) is 0 Å². The Kier molecular flexibility index (Phi) is 48.9. The van der Waals surface area contributed by atoms with Crippen molar-refractivity contribution in [2.24, 2.45) is 0 Å². The summed E-state index contributed by atoms with van der Waals surface area (Å²) >= 11 is 0. The highest BCUT2D eigenvalue weighted by Gasteiger charge is 2.23. The molecular formula is C55H98NO8P. The zero-order valence-electron chi connectivity index (χ0n) is 41.7. The molecule has 2 atom stereocenters. The lowest BCUT2D eigenvalue weighted by Crippen LogP contribution is -2.27. The lowest BCUT2D eigenvalue weighted by Gasteiger charge is -2.15. The largest absolute Gasteiger partial charge is 0.472 e. The molecule has 0 aliphatic rings. The highest BCUT2D eigenvalue weighted by molar-refractivity contribution is 7.47. The molecule has 9 nitrogen and oxygen atoms in total. The van der Waals surface area contributed by atoms with Crippen molar-refractivity contribution in [3.63, 3.8) is 0 Å². The molecule has 0 aliphatic heterocycles. The van der Waals surface area contributed by atoms with Crippen molar-refractivity contribution in [3.8, 4) is 0 Å². The molecule has 0 spiro atoms. The molecule has 0 saturated carbocycles. The third kappa shape index (κ3) is 52.3. The molecule has 376 valence electrons. The van der Waals surface area contributed by atoms with Gasteiger partial charge in [-0.25, -0.2) is 4.57 Å². The summed E-state index contributed by atoms with van der Waals surface area (Å²) in [5, 5.41) is 12.7. The van der Waals surface area contributed by atoms with Gasteiger partial charge in [-0.3, -0.25) is 18.6 Å². The number of unbranched alkanes of at least 4 members (excludes halogenated alkanes) is 24. The van der Waals surface area contributed by atoms with Gasteiger partial charge in [-0.1, -0.05) is 228 Å². The molecule has 0 rings (SSSR count). The van der Waals surface area contributed by atoms with Crippen LogP contribution in [-0.2, 0) is 27.9 Å². The van der Waals surface area contributed by atoms with Gasteiger partial charge in [-0.2, -0.15) is 0 Å². The van der Waals surface area contributed by atoms with Gasteiger partial charge < -0.3 is 20.1 Å². The molecule has 0 radical (unpaired) electrons. The van der Waals surface area contributed by atoms with Gasteiger partial charge in [0.25, 0.3) is 0 Å². The van der Waals surface area contributed by atoms with Crippen molar-refractivity contribution < 1.29 is 37.9 Å². The monoisotopic (exact) mass is 932 g/mol. The van der Waals surface area contributed by atoms with Crippen LogP contribution in [0.15, 0.2) is 72.9 Å². The highest BCUT2D eigenvalue weighted by atomic mass is 31.2. The van der Waals surface area contributed by atoms with E-state index in [9.17, 15) is 24.2 Å². The molecule has 10 heteroatoms. The van der Waals surface area contributed by atoms with E-state index in [1.54, 1.807) is 0 Å². The number of carbonyl (C=O) groups is 2. The molecule has 1 amide bonds. The van der Waals surface area contributed by atoms with Crippen LogP contribution in [0, 0.1) is 0 Å². The van der Waals surface area contributed by atoms with Gasteiger partial charge in [0, 0.05) is 19.4 Å². The number of amides is 1. The van der Waals surface area contributed by atoms with E-state index in [2.05, 4.69) is 92.1 Å². The standard InChI is InChI=1S/C55H98NO8P/c1-3-5-7-9-11-13-15-17-19-21-23-25-26-28-29-31-33-35-37-39-41-43-45-47-54(58)56-49-50-63-65(60,61)64-52-53(57)51-62-55(59)48-46-44-42-40-38-36-34-32-30-27-24-22-20-18-16-14-12-10-8-6-4-2/h5,7,11,13,17,19,23,25,28-29,33,35,53,57H,3-4,6,8-10,12,14-16,18,20-22,24,26-27,30-32,34,36-52H2,1-2H3,(H,56,58)(H,60,61)/b7-5-,13-11-,19-17-,25-23-,29-28-,35-33-. The Bertz CT molecular complexity index is 1290. The minimum atomic E-state index is -4.43. The maximum Gasteiger partial charge on any atom is 0.472 e. The number of aliphatic hydroxyl groups is 1. The van der Waals surface area contributed by atoms with Crippen molar-refractivity contribution in [2.45, 2.75) is 238 Å². The number of hydrogen-bond acceptors (Lipinski definition) is 7. The summed E-state index contributed by atoms with van der Waals surface area (Å²) in [6.45, 7) is 3.44. The van der Waals surface area contributed by atoms with E-state index in [1.807, 2.05) is 0 Å². The van der Waals surface area contributed by atoms with Gasteiger partial charge in [-0.05, 0) is 64.2 Å². The molecule has 0 aromatic rings. The third-order valence-corrected chi connectivity index (χ3v) is 12.1. The summed E-state index contributed by atoms with van der Waals surface area (Å²) in [4.78, 5) is 34.1. The van der Waals surface area contributed by atoms with E-state index in [-0.39, 0.29) is 32.1 Å². The topological polar surface area (TPSA) is 131 Å². The van der Waals surface area contributed by atoms with Crippen LogP contribution in [0.25, 0.3) is 0 Å². The summed E-state index contributed by atoms with van der Waals surface area (Å²) in [7, 11) is -4.43. The van der Waals surface area contributed by atoms with E-state index in [4.69, 9.17) is 13.8 Å². The predicted molar refractivity (Wildman–Crippen MR) is 275 cm³/mol. The van der Waals surface area contributed by atoms with E-state index in [0.717, 1.165) is 89.9 Å². The van der Waals surface area contributed by atoms with Gasteiger partial charge in [-0.15, -0.1) is 0 Å². The quantitative estimate of drug-likeness (QED) is 0.0238. The number of phosphoric acid groups is 1. The van der Waals surface area contributed by atoms with Crippen LogP contribution in [0.4, 0.5) is 0 Å². The molecule has 0 saturated heterocycles. The smallest absolute Gasteiger partial charge is 0.463 e. The van der Waals surface area contributed by atoms with E-state index < -0.39 is 26.5 Å². The second-order valence-electron chi connectivity index (χ2n) is 17.5. The third-order valence-electron chi connectivity index (χ3n) is 11.2. The molecule has 0 fully saturated rings. The number of ether oxygens (including phenoxy) is 1. The number of aliphatic hydroxyl groups excluding tert-OH is 1. The summed E-state index contributed by atoms with van der Waals surface area (Å²) in [6, 6.07) is 0. The molecule has 0 aromatic carbocycles. The fraction of sp³-hybridized carbons (Fsp3) is 0.745. The molecule has 0 aliphatic carbocycles. The Labute approximate surface area is 399 Å². The van der Waals surface area contributed by atoms with Gasteiger partial charge in [0.15, 0.2) is 0 Å². The van der Waals surface area contributed by atoms with Gasteiger partial charge >= 0.3 is 13.8 Å². The average Bonchev–Trinajstić information content (AvgIpc) is 3.29. The molecule has 3 N–H and O–H groups in total. The molecular weight excluding hydrogens is 834 g/mol. The number of nitrogens with one attached hydrogen (secondary N) is 1. The van der Waals surface area contributed by atoms with Crippen LogP contribution in [0.2, 0.25) is 0 Å². The summed E-state index contributed by atoms with van der Waals surface area (Å²) < 4.78 is 27.0. The van der Waals surface area contributed by atoms with Crippen LogP contribution in [0.1, 0.15) is 232 Å². The maximum absolute atomic E-state index is 12.2. The first-order valence-electron chi connectivity index (χ1n) is 26.4. The highest BCUT2D eigenvalue weighted by Crippen LogP contribution is 2.42. The maximum atomic E-state index is 12.2. The van der Waals surface area contributed by atoms with Crippen LogP contribution in [-0.4, -0.2) is 54.3 Å². The zero-order valence-corrected chi connectivity index (χ0v) is 42.6. The zero-order chi connectivity index (χ0) is 47.4. The molecule has 0 heterocycles. The van der Waals surface area contributed by atoms with Gasteiger partial charge in [0.1, 0.15) is 12.7 Å². The number of phosphoric ester groups is 1. The number of allylic oxidation sites excluding steroid dienone is 12. The Balaban J connectivity index is 3.60. The fourth-order valence-electron chi connectivity index (χ4n) is 7.21. The van der Waals surface area contributed by atoms with Crippen molar-refractivity contribution in [2.75, 3.05) is 26.4 Å². The minimum absolute atomic E-state index is 0.0646. The van der Waals surface area contributed by atoms with E-state index >= 15 is 0 Å². The summed E-state index contributed by atoms with van der Waals surface area (Å²) in [6.07, 6.45) is 64.2. The Hall–Kier alpha value is -2.55. The summed E-state index contributed by atoms with van der Waals surface area (Å²) in [5.41, 5.74) is 0. The second-order valence-corrected chi connectivity index (χ2v) is 18.9. The van der Waals surface area contributed by atoms with Gasteiger partial charge in [0.05, 0.1) is 13.2 Å². The van der Waals surface area contributed by atoms with Crippen LogP contribution >= 0.6 is 7.82 Å². The van der Waals surface area contributed by atoms with Gasteiger partial charge in [0.2, 0.25) is 5.91 Å². The van der Waals surface area contributed by atoms with Crippen LogP contribution < -0.4 is 5.32 Å². The molecule has 65 heavy (non-hydrogen) atoms.